The quantitative estimate of drug-likeness (QED) is 0.832. The number of likely N-dealkylation sites (tertiary alicyclic amines) is 1. The van der Waals surface area contributed by atoms with E-state index in [1.54, 1.807) is 0 Å². The Labute approximate surface area is 122 Å². The van der Waals surface area contributed by atoms with E-state index in [1.165, 1.54) is 19.3 Å². The molecule has 2 aliphatic rings. The zero-order valence-corrected chi connectivity index (χ0v) is 12.9. The van der Waals surface area contributed by atoms with Crippen LogP contribution in [0.25, 0.3) is 0 Å². The van der Waals surface area contributed by atoms with Gasteiger partial charge in [0, 0.05) is 6.54 Å². The van der Waals surface area contributed by atoms with Crippen LogP contribution in [0.2, 0.25) is 0 Å². The molecule has 1 saturated carbocycles. The van der Waals surface area contributed by atoms with Gasteiger partial charge < -0.3 is 15.1 Å². The van der Waals surface area contributed by atoms with Gasteiger partial charge in [-0.05, 0) is 57.0 Å². The van der Waals surface area contributed by atoms with Crippen LogP contribution in [0.1, 0.15) is 58.8 Å². The molecule has 0 bridgehead atoms. The maximum absolute atomic E-state index is 11.0. The molecule has 2 fully saturated rings. The van der Waals surface area contributed by atoms with Gasteiger partial charge in [0.1, 0.15) is 0 Å². The lowest BCUT2D eigenvalue weighted by Gasteiger charge is -2.43. The molecule has 0 atom stereocenters. The summed E-state index contributed by atoms with van der Waals surface area (Å²) in [6, 6.07) is 0. The van der Waals surface area contributed by atoms with Crippen molar-refractivity contribution in [3.63, 3.8) is 0 Å². The number of aliphatic hydroxyl groups is 1. The van der Waals surface area contributed by atoms with Gasteiger partial charge in [0.2, 0.25) is 0 Å². The maximum Gasteiger partial charge on any atom is 0.306 e. The van der Waals surface area contributed by atoms with Crippen LogP contribution < -0.4 is 0 Å². The van der Waals surface area contributed by atoms with E-state index >= 15 is 0 Å². The summed E-state index contributed by atoms with van der Waals surface area (Å²) in [7, 11) is 0. The van der Waals surface area contributed by atoms with E-state index in [9.17, 15) is 9.90 Å². The molecular weight excluding hydrogens is 254 g/mol. The number of rotatable bonds is 4. The maximum atomic E-state index is 11.0. The highest BCUT2D eigenvalue weighted by Crippen LogP contribution is 2.37. The topological polar surface area (TPSA) is 60.8 Å². The van der Waals surface area contributed by atoms with Crippen molar-refractivity contribution in [2.75, 3.05) is 19.6 Å². The van der Waals surface area contributed by atoms with Crippen molar-refractivity contribution in [2.45, 2.75) is 64.4 Å². The summed E-state index contributed by atoms with van der Waals surface area (Å²) >= 11 is 0. The Morgan fingerprint density at radius 1 is 1.20 bits per heavy atom. The van der Waals surface area contributed by atoms with Gasteiger partial charge in [-0.3, -0.25) is 4.79 Å². The summed E-state index contributed by atoms with van der Waals surface area (Å²) in [4.78, 5) is 13.3. The van der Waals surface area contributed by atoms with E-state index < -0.39 is 11.6 Å². The molecule has 1 aliphatic heterocycles. The summed E-state index contributed by atoms with van der Waals surface area (Å²) in [5, 5.41) is 19.7. The van der Waals surface area contributed by atoms with Crippen LogP contribution >= 0.6 is 0 Å². The molecule has 0 aromatic carbocycles. The lowest BCUT2D eigenvalue weighted by atomic mass is 9.76. The molecule has 0 aromatic heterocycles. The van der Waals surface area contributed by atoms with E-state index in [0.717, 1.165) is 19.6 Å². The fourth-order valence-corrected chi connectivity index (χ4v) is 3.58. The molecule has 0 aromatic rings. The Hall–Kier alpha value is -0.610. The molecule has 4 heteroatoms. The number of nitrogens with zero attached hydrogens (tertiary/aromatic N) is 1. The third-order valence-corrected chi connectivity index (χ3v) is 5.70. The number of piperidine rings is 1. The van der Waals surface area contributed by atoms with Crippen LogP contribution in [0.4, 0.5) is 0 Å². The second-order valence-corrected chi connectivity index (χ2v) is 7.28. The predicted molar refractivity (Wildman–Crippen MR) is 78.6 cm³/mol. The Balaban J connectivity index is 1.81. The van der Waals surface area contributed by atoms with E-state index in [1.807, 2.05) is 0 Å². The molecule has 0 spiro atoms. The summed E-state index contributed by atoms with van der Waals surface area (Å²) in [5.41, 5.74) is -0.188. The van der Waals surface area contributed by atoms with Crippen molar-refractivity contribution in [3.8, 4) is 0 Å². The fraction of sp³-hybridized carbons (Fsp3) is 0.938. The van der Waals surface area contributed by atoms with Gasteiger partial charge in [0.25, 0.3) is 0 Å². The molecule has 0 radical (unpaired) electrons. The first-order chi connectivity index (χ1) is 9.36. The number of carbonyl (C=O) groups is 1. The fourth-order valence-electron chi connectivity index (χ4n) is 3.58. The minimum absolute atomic E-state index is 0.250. The van der Waals surface area contributed by atoms with Crippen LogP contribution in [0.5, 0.6) is 0 Å². The Morgan fingerprint density at radius 3 is 2.20 bits per heavy atom. The van der Waals surface area contributed by atoms with E-state index in [-0.39, 0.29) is 5.92 Å². The molecule has 1 saturated heterocycles. The second-order valence-electron chi connectivity index (χ2n) is 7.28. The van der Waals surface area contributed by atoms with Gasteiger partial charge in [-0.15, -0.1) is 0 Å². The molecule has 20 heavy (non-hydrogen) atoms. The average Bonchev–Trinajstić information content (AvgIpc) is 2.42. The Bertz CT molecular complexity index is 340. The highest BCUT2D eigenvalue weighted by atomic mass is 16.4. The van der Waals surface area contributed by atoms with E-state index in [0.29, 0.717) is 31.1 Å². The summed E-state index contributed by atoms with van der Waals surface area (Å²) in [6.07, 6.45) is 6.13. The number of hydrogen-bond donors (Lipinski definition) is 2. The third kappa shape index (κ3) is 3.73. The summed E-state index contributed by atoms with van der Waals surface area (Å²) < 4.78 is 0. The second kappa shape index (κ2) is 6.02. The van der Waals surface area contributed by atoms with Crippen LogP contribution in [0.3, 0.4) is 0 Å². The first kappa shape index (κ1) is 15.8. The van der Waals surface area contributed by atoms with Gasteiger partial charge in [-0.2, -0.15) is 0 Å². The molecular formula is C16H29NO3. The number of carboxylic acid groups (broad SMARTS) is 1. The molecule has 0 amide bonds. The molecule has 2 N–H and O–H groups in total. The molecule has 2 rings (SSSR count). The minimum Gasteiger partial charge on any atom is -0.481 e. The van der Waals surface area contributed by atoms with Gasteiger partial charge in [-0.25, -0.2) is 0 Å². The smallest absolute Gasteiger partial charge is 0.306 e. The van der Waals surface area contributed by atoms with Crippen molar-refractivity contribution in [1.82, 2.24) is 4.90 Å². The zero-order chi connectivity index (χ0) is 14.8. The number of aliphatic carboxylic acids is 1. The van der Waals surface area contributed by atoms with Gasteiger partial charge in [0.15, 0.2) is 0 Å². The lowest BCUT2D eigenvalue weighted by Crippen LogP contribution is -2.49. The van der Waals surface area contributed by atoms with Crippen molar-refractivity contribution in [1.29, 1.82) is 0 Å². The van der Waals surface area contributed by atoms with Crippen LogP contribution in [-0.4, -0.2) is 46.3 Å². The SMILES string of the molecule is CCC1(C)CCN(CC2(O)CCC(C(=O)O)CC2)CC1. The van der Waals surface area contributed by atoms with Crippen molar-refractivity contribution in [3.05, 3.63) is 0 Å². The van der Waals surface area contributed by atoms with Gasteiger partial charge >= 0.3 is 5.97 Å². The number of hydrogen-bond acceptors (Lipinski definition) is 3. The molecule has 1 heterocycles. The van der Waals surface area contributed by atoms with Gasteiger partial charge in [0.05, 0.1) is 11.5 Å². The van der Waals surface area contributed by atoms with Crippen LogP contribution in [0.15, 0.2) is 0 Å². The standard InChI is InChI=1S/C16H29NO3/c1-3-15(2)8-10-17(11-9-15)12-16(20)6-4-13(5-7-16)14(18)19/h13,20H,3-12H2,1-2H3,(H,18,19). The van der Waals surface area contributed by atoms with Crippen LogP contribution in [0, 0.1) is 11.3 Å². The number of β-amino-alcohol motifs (C(OH)–C–C–N with tert-alkyl or cyclic N) is 1. The molecule has 4 nitrogen and oxygen atoms in total. The molecule has 0 unspecified atom stereocenters. The summed E-state index contributed by atoms with van der Waals surface area (Å²) in [5.74, 6) is -0.955. The highest BCUT2D eigenvalue weighted by Gasteiger charge is 2.38. The first-order valence-corrected chi connectivity index (χ1v) is 8.03. The normalized spacial score (nSPS) is 34.9. The van der Waals surface area contributed by atoms with Crippen molar-refractivity contribution >= 4 is 5.97 Å². The van der Waals surface area contributed by atoms with Crippen molar-refractivity contribution < 1.29 is 15.0 Å². The van der Waals surface area contributed by atoms with Crippen LogP contribution in [-0.2, 0) is 4.79 Å². The minimum atomic E-state index is -0.705. The van der Waals surface area contributed by atoms with E-state index in [2.05, 4.69) is 18.7 Å². The van der Waals surface area contributed by atoms with E-state index in [4.69, 9.17) is 5.11 Å². The zero-order valence-electron chi connectivity index (χ0n) is 12.9. The predicted octanol–water partition coefficient (Wildman–Crippen LogP) is 2.50. The Kier molecular flexibility index (Phi) is 4.75. The third-order valence-electron chi connectivity index (χ3n) is 5.70. The molecule has 116 valence electrons. The summed E-state index contributed by atoms with van der Waals surface area (Å²) in [6.45, 7) is 7.47. The average molecular weight is 283 g/mol. The highest BCUT2D eigenvalue weighted by molar-refractivity contribution is 5.70. The lowest BCUT2D eigenvalue weighted by molar-refractivity contribution is -0.145. The largest absolute Gasteiger partial charge is 0.481 e. The number of carboxylic acids is 1. The monoisotopic (exact) mass is 283 g/mol. The first-order valence-electron chi connectivity index (χ1n) is 8.03. The van der Waals surface area contributed by atoms with Crippen molar-refractivity contribution in [2.24, 2.45) is 11.3 Å². The molecule has 1 aliphatic carbocycles. The Morgan fingerprint density at radius 2 is 1.75 bits per heavy atom. The van der Waals surface area contributed by atoms with Gasteiger partial charge in [-0.1, -0.05) is 20.3 Å².